The van der Waals surface area contributed by atoms with E-state index >= 15 is 0 Å². The fourth-order valence-electron chi connectivity index (χ4n) is 3.60. The summed E-state index contributed by atoms with van der Waals surface area (Å²) in [6.45, 7) is 15.4. The highest BCUT2D eigenvalue weighted by molar-refractivity contribution is 7.54. The van der Waals surface area contributed by atoms with E-state index in [1.165, 1.54) is 6.92 Å². The molecule has 1 rings (SSSR count). The Morgan fingerprint density at radius 1 is 1.07 bits per heavy atom. The topological polar surface area (TPSA) is 69.7 Å². The standard InChI is InChI=1S/C22H35O5P/c1-15(13-22(6,7)8)14-28(25,26-19(5)23)27-21(24)12-11-20-17(3)10-9-16(2)18(20)4/h9-10,15H,11-14H2,1-8H3. The Morgan fingerprint density at radius 2 is 1.64 bits per heavy atom. The molecule has 0 aliphatic heterocycles. The van der Waals surface area contributed by atoms with Gasteiger partial charge in [0.25, 0.3) is 0 Å². The van der Waals surface area contributed by atoms with Gasteiger partial charge in [0.05, 0.1) is 6.16 Å². The van der Waals surface area contributed by atoms with Gasteiger partial charge in [0.15, 0.2) is 0 Å². The first-order valence-corrected chi connectivity index (χ1v) is 11.5. The molecule has 0 fully saturated rings. The Hall–Kier alpha value is -1.61. The van der Waals surface area contributed by atoms with Crippen LogP contribution in [0.5, 0.6) is 0 Å². The Morgan fingerprint density at radius 3 is 2.18 bits per heavy atom. The van der Waals surface area contributed by atoms with Gasteiger partial charge in [-0.1, -0.05) is 39.8 Å². The summed E-state index contributed by atoms with van der Waals surface area (Å²) in [5, 5.41) is 0. The molecule has 0 N–H and O–H groups in total. The van der Waals surface area contributed by atoms with Gasteiger partial charge in [-0.2, -0.15) is 0 Å². The molecule has 6 heteroatoms. The molecule has 0 bridgehead atoms. The lowest BCUT2D eigenvalue weighted by Gasteiger charge is -2.25. The molecule has 1 aromatic rings. The summed E-state index contributed by atoms with van der Waals surface area (Å²) >= 11 is 0. The van der Waals surface area contributed by atoms with Gasteiger partial charge in [-0.15, -0.1) is 0 Å². The molecular weight excluding hydrogens is 375 g/mol. The van der Waals surface area contributed by atoms with Crippen LogP contribution in [0.4, 0.5) is 0 Å². The zero-order valence-corrected chi connectivity index (χ0v) is 19.4. The van der Waals surface area contributed by atoms with Crippen molar-refractivity contribution in [3.05, 3.63) is 34.4 Å². The van der Waals surface area contributed by atoms with Crippen molar-refractivity contribution in [2.24, 2.45) is 11.3 Å². The molecule has 0 aromatic heterocycles. The average molecular weight is 410 g/mol. The summed E-state index contributed by atoms with van der Waals surface area (Å²) in [4.78, 5) is 23.8. The first kappa shape index (κ1) is 24.4. The third-order valence-electron chi connectivity index (χ3n) is 4.69. The third kappa shape index (κ3) is 8.18. The van der Waals surface area contributed by atoms with Crippen molar-refractivity contribution >= 4 is 19.5 Å². The van der Waals surface area contributed by atoms with Gasteiger partial charge < -0.3 is 9.05 Å². The molecule has 158 valence electrons. The second-order valence-corrected chi connectivity index (χ2v) is 11.0. The Bertz CT molecular complexity index is 761. The largest absolute Gasteiger partial charge is 0.435 e. The van der Waals surface area contributed by atoms with E-state index in [9.17, 15) is 14.2 Å². The van der Waals surface area contributed by atoms with Crippen molar-refractivity contribution in [3.8, 4) is 0 Å². The van der Waals surface area contributed by atoms with Gasteiger partial charge in [0.2, 0.25) is 0 Å². The highest BCUT2D eigenvalue weighted by atomic mass is 31.2. The number of carbonyl (C=O) groups is 2. The van der Waals surface area contributed by atoms with Crippen LogP contribution < -0.4 is 0 Å². The van der Waals surface area contributed by atoms with Gasteiger partial charge in [0.1, 0.15) is 0 Å². The van der Waals surface area contributed by atoms with E-state index in [-0.39, 0.29) is 23.9 Å². The second kappa shape index (κ2) is 9.73. The van der Waals surface area contributed by atoms with Crippen molar-refractivity contribution < 1.29 is 23.2 Å². The molecule has 0 aliphatic carbocycles. The number of aryl methyl sites for hydroxylation is 2. The van der Waals surface area contributed by atoms with Gasteiger partial charge >= 0.3 is 19.5 Å². The summed E-state index contributed by atoms with van der Waals surface area (Å²) in [5.74, 6) is -1.32. The Balaban J connectivity index is 2.83. The predicted octanol–water partition coefficient (Wildman–Crippen LogP) is 5.92. The number of hydrogen-bond acceptors (Lipinski definition) is 5. The van der Waals surface area contributed by atoms with E-state index in [0.717, 1.165) is 28.7 Å². The lowest BCUT2D eigenvalue weighted by atomic mass is 9.86. The zero-order chi connectivity index (χ0) is 21.7. The number of benzene rings is 1. The lowest BCUT2D eigenvalue weighted by Crippen LogP contribution is -2.18. The van der Waals surface area contributed by atoms with Crippen LogP contribution in [0.15, 0.2) is 12.1 Å². The van der Waals surface area contributed by atoms with Gasteiger partial charge in [-0.25, -0.2) is 4.57 Å². The highest BCUT2D eigenvalue weighted by Crippen LogP contribution is 2.51. The van der Waals surface area contributed by atoms with E-state index in [0.29, 0.717) is 6.42 Å². The molecule has 2 unspecified atom stereocenters. The molecular formula is C22H35O5P. The van der Waals surface area contributed by atoms with Crippen LogP contribution in [-0.2, 0) is 29.6 Å². The van der Waals surface area contributed by atoms with Gasteiger partial charge in [0, 0.05) is 13.3 Å². The fraction of sp³-hybridized carbons (Fsp3) is 0.636. The molecule has 5 nitrogen and oxygen atoms in total. The minimum absolute atomic E-state index is 0.0146. The van der Waals surface area contributed by atoms with E-state index < -0.39 is 19.5 Å². The number of rotatable bonds is 8. The first-order chi connectivity index (χ1) is 12.7. The second-order valence-electron chi connectivity index (χ2n) is 9.01. The van der Waals surface area contributed by atoms with E-state index in [4.69, 9.17) is 9.05 Å². The minimum Gasteiger partial charge on any atom is -0.383 e. The molecule has 0 saturated carbocycles. The van der Waals surface area contributed by atoms with Crippen LogP contribution in [0.25, 0.3) is 0 Å². The van der Waals surface area contributed by atoms with Crippen LogP contribution in [0.3, 0.4) is 0 Å². The van der Waals surface area contributed by atoms with Crippen molar-refractivity contribution in [2.45, 2.75) is 74.7 Å². The number of hydrogen-bond donors (Lipinski definition) is 0. The molecule has 0 saturated heterocycles. The van der Waals surface area contributed by atoms with Crippen LogP contribution in [0.1, 0.15) is 69.7 Å². The van der Waals surface area contributed by atoms with Gasteiger partial charge in [-0.3, -0.25) is 9.59 Å². The van der Waals surface area contributed by atoms with Gasteiger partial charge in [-0.05, 0) is 67.2 Å². The Kier molecular flexibility index (Phi) is 8.49. The molecule has 0 heterocycles. The van der Waals surface area contributed by atoms with Crippen molar-refractivity contribution in [1.29, 1.82) is 0 Å². The summed E-state index contributed by atoms with van der Waals surface area (Å²) in [6.07, 6.45) is 1.40. The predicted molar refractivity (Wildman–Crippen MR) is 113 cm³/mol. The Labute approximate surface area is 169 Å². The van der Waals surface area contributed by atoms with Crippen LogP contribution in [0.2, 0.25) is 0 Å². The summed E-state index contributed by atoms with van der Waals surface area (Å²) in [5.41, 5.74) is 4.55. The summed E-state index contributed by atoms with van der Waals surface area (Å²) in [7, 11) is -3.83. The molecule has 0 aliphatic rings. The van der Waals surface area contributed by atoms with E-state index in [1.54, 1.807) is 0 Å². The molecule has 2 atom stereocenters. The molecule has 0 spiro atoms. The maximum atomic E-state index is 13.0. The van der Waals surface area contributed by atoms with Crippen LogP contribution >= 0.6 is 7.60 Å². The molecule has 0 amide bonds. The maximum Gasteiger partial charge on any atom is 0.435 e. The maximum absolute atomic E-state index is 13.0. The monoisotopic (exact) mass is 410 g/mol. The summed E-state index contributed by atoms with van der Waals surface area (Å²) in [6, 6.07) is 4.08. The third-order valence-corrected chi connectivity index (χ3v) is 6.77. The normalized spacial score (nSPS) is 14.9. The molecule has 1 aromatic carbocycles. The summed E-state index contributed by atoms with van der Waals surface area (Å²) < 4.78 is 23.3. The highest BCUT2D eigenvalue weighted by Gasteiger charge is 2.34. The minimum atomic E-state index is -3.83. The molecule has 0 radical (unpaired) electrons. The smallest absolute Gasteiger partial charge is 0.383 e. The fourth-order valence-corrected chi connectivity index (χ4v) is 5.47. The van der Waals surface area contributed by atoms with E-state index in [2.05, 4.69) is 26.8 Å². The van der Waals surface area contributed by atoms with E-state index in [1.807, 2.05) is 33.8 Å². The van der Waals surface area contributed by atoms with Crippen molar-refractivity contribution in [1.82, 2.24) is 0 Å². The first-order valence-electron chi connectivity index (χ1n) is 9.80. The van der Waals surface area contributed by atoms with Crippen molar-refractivity contribution in [2.75, 3.05) is 6.16 Å². The number of carbonyl (C=O) groups excluding carboxylic acids is 2. The SMILES string of the molecule is CC(=O)OP(=O)(CC(C)CC(C)(C)C)OC(=O)CCc1c(C)ccc(C)c1C. The van der Waals surface area contributed by atoms with Crippen LogP contribution in [0, 0.1) is 32.1 Å². The van der Waals surface area contributed by atoms with Crippen molar-refractivity contribution in [3.63, 3.8) is 0 Å². The quantitative estimate of drug-likeness (QED) is 0.498. The zero-order valence-electron chi connectivity index (χ0n) is 18.5. The average Bonchev–Trinajstić information content (AvgIpc) is 2.47. The molecule has 28 heavy (non-hydrogen) atoms. The van der Waals surface area contributed by atoms with Crippen LogP contribution in [-0.4, -0.2) is 18.1 Å². The lowest BCUT2D eigenvalue weighted by molar-refractivity contribution is -0.137.